The van der Waals surface area contributed by atoms with E-state index in [1.54, 1.807) is 40.0 Å². The minimum atomic E-state index is -3.08. The third-order valence-corrected chi connectivity index (χ3v) is 6.98. The summed E-state index contributed by atoms with van der Waals surface area (Å²) >= 11 is 6.19. The van der Waals surface area contributed by atoms with Crippen LogP contribution in [0.1, 0.15) is 54.5 Å². The van der Waals surface area contributed by atoms with Crippen LogP contribution >= 0.6 is 11.6 Å². The number of anilines is 1. The van der Waals surface area contributed by atoms with E-state index in [9.17, 15) is 18.4 Å². The minimum Gasteiger partial charge on any atom is -0.444 e. The fraction of sp³-hybridized carbons (Fsp3) is 0.400. The van der Waals surface area contributed by atoms with Gasteiger partial charge in [0.15, 0.2) is 0 Å². The van der Waals surface area contributed by atoms with Crippen molar-refractivity contribution in [1.29, 1.82) is 0 Å². The molecule has 2 amide bonds. The van der Waals surface area contributed by atoms with Gasteiger partial charge in [0.2, 0.25) is 0 Å². The quantitative estimate of drug-likeness (QED) is 0.347. The molecule has 1 atom stereocenters. The van der Waals surface area contributed by atoms with Crippen LogP contribution in [0.2, 0.25) is 5.02 Å². The van der Waals surface area contributed by atoms with Crippen molar-refractivity contribution < 1.29 is 23.1 Å². The normalized spacial score (nSPS) is 17.1. The maximum Gasteiger partial charge on any atom is 0.408 e. The molecule has 1 aliphatic heterocycles. The Bertz CT molecular complexity index is 1430. The van der Waals surface area contributed by atoms with E-state index in [0.29, 0.717) is 17.3 Å². The van der Waals surface area contributed by atoms with Crippen LogP contribution in [0, 0.1) is 13.8 Å². The number of alkyl carbamates (subject to hydrolysis) is 1. The van der Waals surface area contributed by atoms with Gasteiger partial charge in [0, 0.05) is 60.4 Å². The van der Waals surface area contributed by atoms with Crippen LogP contribution in [-0.4, -0.2) is 57.5 Å². The van der Waals surface area contributed by atoms with Gasteiger partial charge < -0.3 is 15.4 Å². The zero-order chi connectivity index (χ0) is 29.9. The number of ether oxygens (including phenoxy) is 1. The molecule has 3 aromatic rings. The molecule has 1 saturated heterocycles. The number of nitrogens with one attached hydrogen (secondary N) is 2. The number of rotatable bonds is 6. The number of amides is 2. The van der Waals surface area contributed by atoms with Gasteiger partial charge in [0.1, 0.15) is 17.3 Å². The van der Waals surface area contributed by atoms with Crippen molar-refractivity contribution >= 4 is 29.3 Å². The Morgan fingerprint density at radius 3 is 2.51 bits per heavy atom. The third kappa shape index (κ3) is 8.20. The molecule has 0 spiro atoms. The van der Waals surface area contributed by atoms with Crippen molar-refractivity contribution in [1.82, 2.24) is 20.2 Å². The molecule has 0 bridgehead atoms. The number of carbonyl (C=O) groups excluding carboxylic acids is 2. The number of carbonyl (C=O) groups is 2. The van der Waals surface area contributed by atoms with Gasteiger partial charge in [-0.25, -0.2) is 13.6 Å². The summed E-state index contributed by atoms with van der Waals surface area (Å²) in [6.07, 6.45) is 1.97. The highest BCUT2D eigenvalue weighted by molar-refractivity contribution is 6.31. The number of hydrogen-bond acceptors (Lipinski definition) is 6. The standard InChI is InChI=1S/C30H34ClF2N5O3/c1-18-14-35-25(13-24(18)31)27(39)36-23-11-20(10-22(12-23)21-7-6-19(2)34-15-21)16-38-9-8-30(32,33)26(17-38)37-28(40)41-29(3,4)5/h6-7,10-15,26H,8-9,16-17H2,1-5H3,(H,36,39)(H,37,40)/t26-/m1/s1. The van der Waals surface area contributed by atoms with E-state index in [4.69, 9.17) is 16.3 Å². The Hall–Kier alpha value is -3.63. The number of hydrogen-bond donors (Lipinski definition) is 2. The Labute approximate surface area is 243 Å². The lowest BCUT2D eigenvalue weighted by atomic mass is 9.99. The van der Waals surface area contributed by atoms with Crippen LogP contribution in [0.25, 0.3) is 11.1 Å². The second kappa shape index (κ2) is 12.1. The van der Waals surface area contributed by atoms with Gasteiger partial charge in [-0.15, -0.1) is 0 Å². The highest BCUT2D eigenvalue weighted by Gasteiger charge is 2.45. The number of piperidine rings is 1. The summed E-state index contributed by atoms with van der Waals surface area (Å²) in [5.74, 6) is -3.51. The van der Waals surface area contributed by atoms with Gasteiger partial charge in [-0.2, -0.15) is 0 Å². The fourth-order valence-electron chi connectivity index (χ4n) is 4.45. The third-order valence-electron chi connectivity index (χ3n) is 6.57. The second-order valence-electron chi connectivity index (χ2n) is 11.3. The summed E-state index contributed by atoms with van der Waals surface area (Å²) in [5.41, 5.74) is 3.90. The van der Waals surface area contributed by atoms with Gasteiger partial charge in [-0.05, 0) is 81.6 Å². The Balaban J connectivity index is 1.58. The molecule has 0 saturated carbocycles. The van der Waals surface area contributed by atoms with E-state index in [-0.39, 0.29) is 18.8 Å². The summed E-state index contributed by atoms with van der Waals surface area (Å²) in [4.78, 5) is 35.7. The first kappa shape index (κ1) is 30.3. The largest absolute Gasteiger partial charge is 0.444 e. The highest BCUT2D eigenvalue weighted by Crippen LogP contribution is 2.31. The van der Waals surface area contributed by atoms with Crippen molar-refractivity contribution in [2.24, 2.45) is 0 Å². The summed E-state index contributed by atoms with van der Waals surface area (Å²) < 4.78 is 34.7. The predicted molar refractivity (Wildman–Crippen MR) is 154 cm³/mol. The van der Waals surface area contributed by atoms with Crippen molar-refractivity contribution in [3.05, 3.63) is 76.3 Å². The molecular weight excluding hydrogens is 552 g/mol. The van der Waals surface area contributed by atoms with E-state index < -0.39 is 36.0 Å². The Morgan fingerprint density at radius 1 is 1.10 bits per heavy atom. The van der Waals surface area contributed by atoms with E-state index >= 15 is 0 Å². The number of likely N-dealkylation sites (tertiary alicyclic amines) is 1. The number of nitrogens with zero attached hydrogens (tertiary/aromatic N) is 3. The van der Waals surface area contributed by atoms with Crippen LogP contribution in [0.4, 0.5) is 19.3 Å². The molecular formula is C30H34ClF2N5O3. The molecule has 218 valence electrons. The molecule has 2 N–H and O–H groups in total. The molecule has 0 aliphatic carbocycles. The zero-order valence-electron chi connectivity index (χ0n) is 23.7. The van der Waals surface area contributed by atoms with E-state index in [1.807, 2.05) is 36.1 Å². The molecule has 1 fully saturated rings. The SMILES string of the molecule is Cc1ccc(-c2cc(CN3CCC(F)(F)[C@H](NC(=O)OC(C)(C)C)C3)cc(NC(=O)c3cc(Cl)c(C)cn3)c2)cn1. The molecule has 3 heterocycles. The average molecular weight is 586 g/mol. The van der Waals surface area contributed by atoms with Gasteiger partial charge in [0.25, 0.3) is 11.8 Å². The van der Waals surface area contributed by atoms with Crippen LogP contribution < -0.4 is 10.6 Å². The molecule has 2 aromatic heterocycles. The number of halogens is 3. The summed E-state index contributed by atoms with van der Waals surface area (Å²) in [5, 5.41) is 5.67. The lowest BCUT2D eigenvalue weighted by Gasteiger charge is -2.38. The van der Waals surface area contributed by atoms with Gasteiger partial charge in [-0.3, -0.25) is 19.7 Å². The lowest BCUT2D eigenvalue weighted by Crippen LogP contribution is -2.58. The molecule has 8 nitrogen and oxygen atoms in total. The molecule has 4 rings (SSSR count). The fourth-order valence-corrected chi connectivity index (χ4v) is 4.60. The topological polar surface area (TPSA) is 96.5 Å². The van der Waals surface area contributed by atoms with Gasteiger partial charge in [-0.1, -0.05) is 17.7 Å². The monoisotopic (exact) mass is 585 g/mol. The zero-order valence-corrected chi connectivity index (χ0v) is 24.5. The number of benzene rings is 1. The maximum absolute atomic E-state index is 14.7. The van der Waals surface area contributed by atoms with E-state index in [1.165, 1.54) is 12.3 Å². The number of aromatic nitrogens is 2. The Kier molecular flexibility index (Phi) is 8.94. The smallest absolute Gasteiger partial charge is 0.408 e. The van der Waals surface area contributed by atoms with Crippen LogP contribution in [0.3, 0.4) is 0 Å². The van der Waals surface area contributed by atoms with Crippen LogP contribution in [0.15, 0.2) is 48.8 Å². The molecule has 41 heavy (non-hydrogen) atoms. The molecule has 0 radical (unpaired) electrons. The minimum absolute atomic E-state index is 0.0734. The van der Waals surface area contributed by atoms with Crippen molar-refractivity contribution in [2.45, 2.75) is 65.1 Å². The Morgan fingerprint density at radius 2 is 1.85 bits per heavy atom. The van der Waals surface area contributed by atoms with E-state index in [2.05, 4.69) is 20.6 Å². The van der Waals surface area contributed by atoms with E-state index in [0.717, 1.165) is 27.9 Å². The van der Waals surface area contributed by atoms with Crippen LogP contribution in [-0.2, 0) is 11.3 Å². The average Bonchev–Trinajstić information content (AvgIpc) is 2.87. The van der Waals surface area contributed by atoms with Crippen molar-refractivity contribution in [2.75, 3.05) is 18.4 Å². The number of pyridine rings is 2. The molecule has 1 aromatic carbocycles. The summed E-state index contributed by atoms with van der Waals surface area (Å²) in [6.45, 7) is 9.08. The molecule has 1 aliphatic rings. The predicted octanol–water partition coefficient (Wildman–Crippen LogP) is 6.40. The first-order valence-electron chi connectivity index (χ1n) is 13.3. The summed E-state index contributed by atoms with van der Waals surface area (Å²) in [6, 6.07) is 9.46. The highest BCUT2D eigenvalue weighted by atomic mass is 35.5. The number of aryl methyl sites for hydroxylation is 2. The van der Waals surface area contributed by atoms with Gasteiger partial charge >= 0.3 is 6.09 Å². The molecule has 0 unspecified atom stereocenters. The van der Waals surface area contributed by atoms with Crippen molar-refractivity contribution in [3.63, 3.8) is 0 Å². The van der Waals surface area contributed by atoms with Crippen molar-refractivity contribution in [3.8, 4) is 11.1 Å². The van der Waals surface area contributed by atoms with Gasteiger partial charge in [0.05, 0.1) is 0 Å². The summed E-state index contributed by atoms with van der Waals surface area (Å²) in [7, 11) is 0. The molecule has 11 heteroatoms. The van der Waals surface area contributed by atoms with Crippen LogP contribution in [0.5, 0.6) is 0 Å². The number of alkyl halides is 2. The lowest BCUT2D eigenvalue weighted by molar-refractivity contribution is -0.0859. The second-order valence-corrected chi connectivity index (χ2v) is 11.7. The first-order chi connectivity index (χ1) is 19.2. The maximum atomic E-state index is 14.7. The first-order valence-corrected chi connectivity index (χ1v) is 13.7.